The van der Waals surface area contributed by atoms with Crippen LogP contribution in [0.3, 0.4) is 0 Å². The predicted octanol–water partition coefficient (Wildman–Crippen LogP) is 4.06. The standard InChI is InChI=1S/C18H18N2/c1-11-7-12(2)17-16(8-11)19-18(20-17)15-9-13-5-3-4-6-14(13)10-15/h3-8,15H,9-10H2,1-2H3,(H,19,20). The largest absolute Gasteiger partial charge is 0.342 e. The van der Waals surface area contributed by atoms with Gasteiger partial charge >= 0.3 is 0 Å². The zero-order valence-corrected chi connectivity index (χ0v) is 11.9. The zero-order chi connectivity index (χ0) is 13.7. The number of hydrogen-bond donors (Lipinski definition) is 1. The fourth-order valence-corrected chi connectivity index (χ4v) is 3.44. The Balaban J connectivity index is 1.76. The highest BCUT2D eigenvalue weighted by Crippen LogP contribution is 2.33. The van der Waals surface area contributed by atoms with Crippen molar-refractivity contribution in [1.29, 1.82) is 0 Å². The molecule has 0 unspecified atom stereocenters. The van der Waals surface area contributed by atoms with Crippen molar-refractivity contribution in [2.24, 2.45) is 0 Å². The molecule has 3 aromatic rings. The van der Waals surface area contributed by atoms with Gasteiger partial charge in [-0.1, -0.05) is 30.3 Å². The third-order valence-corrected chi connectivity index (χ3v) is 4.38. The first-order valence-electron chi connectivity index (χ1n) is 7.24. The van der Waals surface area contributed by atoms with Crippen LogP contribution >= 0.6 is 0 Å². The Morgan fingerprint density at radius 2 is 1.75 bits per heavy atom. The Hall–Kier alpha value is -2.09. The number of fused-ring (bicyclic) bond motifs is 2. The van der Waals surface area contributed by atoms with Crippen molar-refractivity contribution in [3.05, 3.63) is 64.5 Å². The molecule has 4 rings (SSSR count). The van der Waals surface area contributed by atoms with E-state index in [-0.39, 0.29) is 0 Å². The molecule has 0 atom stereocenters. The monoisotopic (exact) mass is 262 g/mol. The summed E-state index contributed by atoms with van der Waals surface area (Å²) in [4.78, 5) is 8.41. The molecule has 1 aromatic heterocycles. The van der Waals surface area contributed by atoms with Crippen LogP contribution in [0.2, 0.25) is 0 Å². The molecule has 0 saturated heterocycles. The van der Waals surface area contributed by atoms with E-state index in [0.29, 0.717) is 5.92 Å². The number of benzene rings is 2. The van der Waals surface area contributed by atoms with E-state index >= 15 is 0 Å². The van der Waals surface area contributed by atoms with Crippen molar-refractivity contribution in [3.8, 4) is 0 Å². The van der Waals surface area contributed by atoms with Gasteiger partial charge < -0.3 is 4.98 Å². The Kier molecular flexibility index (Phi) is 2.46. The molecule has 0 radical (unpaired) electrons. The summed E-state index contributed by atoms with van der Waals surface area (Å²) in [5.74, 6) is 1.64. The maximum atomic E-state index is 4.86. The van der Waals surface area contributed by atoms with Gasteiger partial charge in [0.25, 0.3) is 0 Å². The summed E-state index contributed by atoms with van der Waals surface area (Å²) in [6.07, 6.45) is 2.21. The predicted molar refractivity (Wildman–Crippen MR) is 82.2 cm³/mol. The second-order valence-electron chi connectivity index (χ2n) is 5.97. The molecule has 2 aromatic carbocycles. The third-order valence-electron chi connectivity index (χ3n) is 4.38. The zero-order valence-electron chi connectivity index (χ0n) is 11.9. The van der Waals surface area contributed by atoms with E-state index in [4.69, 9.17) is 4.98 Å². The van der Waals surface area contributed by atoms with Crippen LogP contribution in [0, 0.1) is 13.8 Å². The lowest BCUT2D eigenvalue weighted by Gasteiger charge is -2.03. The fraction of sp³-hybridized carbons (Fsp3) is 0.278. The van der Waals surface area contributed by atoms with Gasteiger partial charge in [-0.3, -0.25) is 0 Å². The molecule has 0 bridgehead atoms. The molecule has 100 valence electrons. The Morgan fingerprint density at radius 3 is 2.45 bits per heavy atom. The van der Waals surface area contributed by atoms with Gasteiger partial charge in [-0.05, 0) is 55.0 Å². The molecule has 20 heavy (non-hydrogen) atoms. The number of aryl methyl sites for hydroxylation is 2. The Bertz CT molecular complexity index is 773. The first kappa shape index (κ1) is 11.7. The SMILES string of the molecule is Cc1cc(C)c2nc(C3Cc4ccccc4C3)[nH]c2c1. The van der Waals surface area contributed by atoms with Crippen LogP contribution < -0.4 is 0 Å². The van der Waals surface area contributed by atoms with Gasteiger partial charge in [0, 0.05) is 5.92 Å². The molecule has 1 N–H and O–H groups in total. The second-order valence-corrected chi connectivity index (χ2v) is 5.97. The summed E-state index contributed by atoms with van der Waals surface area (Å²) < 4.78 is 0. The minimum absolute atomic E-state index is 0.500. The molecule has 1 aliphatic rings. The normalized spacial score (nSPS) is 14.9. The molecule has 0 fully saturated rings. The smallest absolute Gasteiger partial charge is 0.111 e. The maximum absolute atomic E-state index is 4.86. The lowest BCUT2D eigenvalue weighted by molar-refractivity contribution is 0.697. The number of aromatic nitrogens is 2. The first-order chi connectivity index (χ1) is 9.70. The van der Waals surface area contributed by atoms with Crippen LogP contribution in [-0.4, -0.2) is 9.97 Å². The molecule has 0 spiro atoms. The molecule has 1 heterocycles. The highest BCUT2D eigenvalue weighted by Gasteiger charge is 2.25. The molecule has 0 saturated carbocycles. The molecule has 2 heteroatoms. The van der Waals surface area contributed by atoms with E-state index in [0.717, 1.165) is 24.2 Å². The van der Waals surface area contributed by atoms with Gasteiger partial charge in [0.15, 0.2) is 0 Å². The van der Waals surface area contributed by atoms with E-state index in [1.165, 1.54) is 27.8 Å². The van der Waals surface area contributed by atoms with Crippen molar-refractivity contribution in [3.63, 3.8) is 0 Å². The van der Waals surface area contributed by atoms with Gasteiger partial charge in [0.1, 0.15) is 5.82 Å². The molecular formula is C18H18N2. The maximum Gasteiger partial charge on any atom is 0.111 e. The van der Waals surface area contributed by atoms with E-state index < -0.39 is 0 Å². The van der Waals surface area contributed by atoms with Crippen LogP contribution in [-0.2, 0) is 12.8 Å². The lowest BCUT2D eigenvalue weighted by Crippen LogP contribution is -2.00. The van der Waals surface area contributed by atoms with Crippen molar-refractivity contribution in [1.82, 2.24) is 9.97 Å². The van der Waals surface area contributed by atoms with Crippen LogP contribution in [0.5, 0.6) is 0 Å². The van der Waals surface area contributed by atoms with Crippen LogP contribution in [0.25, 0.3) is 11.0 Å². The molecule has 1 aliphatic carbocycles. The lowest BCUT2D eigenvalue weighted by atomic mass is 10.1. The third kappa shape index (κ3) is 1.75. The first-order valence-corrected chi connectivity index (χ1v) is 7.24. The van der Waals surface area contributed by atoms with E-state index in [2.05, 4.69) is 55.2 Å². The van der Waals surface area contributed by atoms with E-state index in [9.17, 15) is 0 Å². The summed E-state index contributed by atoms with van der Waals surface area (Å²) in [6.45, 7) is 4.28. The number of imidazole rings is 1. The van der Waals surface area contributed by atoms with Crippen LogP contribution in [0.15, 0.2) is 36.4 Å². The van der Waals surface area contributed by atoms with Gasteiger partial charge in [-0.2, -0.15) is 0 Å². The number of H-pyrrole nitrogens is 1. The number of hydrogen-bond acceptors (Lipinski definition) is 1. The molecular weight excluding hydrogens is 244 g/mol. The molecule has 0 amide bonds. The topological polar surface area (TPSA) is 28.7 Å². The number of nitrogens with zero attached hydrogens (tertiary/aromatic N) is 1. The van der Waals surface area contributed by atoms with Gasteiger partial charge in [-0.25, -0.2) is 4.98 Å². The van der Waals surface area contributed by atoms with Crippen molar-refractivity contribution < 1.29 is 0 Å². The minimum atomic E-state index is 0.500. The van der Waals surface area contributed by atoms with Gasteiger partial charge in [-0.15, -0.1) is 0 Å². The summed E-state index contributed by atoms with van der Waals surface area (Å²) >= 11 is 0. The average molecular weight is 262 g/mol. The van der Waals surface area contributed by atoms with Gasteiger partial charge in [0.05, 0.1) is 11.0 Å². The molecule has 0 aliphatic heterocycles. The Labute approximate surface area is 118 Å². The number of aromatic amines is 1. The fourth-order valence-electron chi connectivity index (χ4n) is 3.44. The van der Waals surface area contributed by atoms with Crippen molar-refractivity contribution >= 4 is 11.0 Å². The number of rotatable bonds is 1. The average Bonchev–Trinajstić information content (AvgIpc) is 3.01. The summed E-state index contributed by atoms with van der Waals surface area (Å²) in [5.41, 5.74) is 7.81. The highest BCUT2D eigenvalue weighted by molar-refractivity contribution is 5.79. The molecule has 2 nitrogen and oxygen atoms in total. The Morgan fingerprint density at radius 1 is 1.05 bits per heavy atom. The van der Waals surface area contributed by atoms with Crippen molar-refractivity contribution in [2.75, 3.05) is 0 Å². The van der Waals surface area contributed by atoms with Crippen LogP contribution in [0.4, 0.5) is 0 Å². The summed E-state index contributed by atoms with van der Waals surface area (Å²) in [5, 5.41) is 0. The van der Waals surface area contributed by atoms with Crippen LogP contribution in [0.1, 0.15) is 34.0 Å². The van der Waals surface area contributed by atoms with Crippen molar-refractivity contribution in [2.45, 2.75) is 32.6 Å². The highest BCUT2D eigenvalue weighted by atomic mass is 14.9. The minimum Gasteiger partial charge on any atom is -0.342 e. The van der Waals surface area contributed by atoms with Gasteiger partial charge in [0.2, 0.25) is 0 Å². The van der Waals surface area contributed by atoms with E-state index in [1.54, 1.807) is 0 Å². The number of nitrogens with one attached hydrogen (secondary N) is 1. The van der Waals surface area contributed by atoms with E-state index in [1.807, 2.05) is 0 Å². The summed E-state index contributed by atoms with van der Waals surface area (Å²) in [7, 11) is 0. The second kappa shape index (κ2) is 4.20. The summed E-state index contributed by atoms with van der Waals surface area (Å²) in [6, 6.07) is 13.2. The quantitative estimate of drug-likeness (QED) is 0.704.